The van der Waals surface area contributed by atoms with E-state index in [4.69, 9.17) is 5.73 Å². The molecule has 0 saturated carbocycles. The van der Waals surface area contributed by atoms with Gasteiger partial charge in [0, 0.05) is 13.6 Å². The van der Waals surface area contributed by atoms with E-state index in [0.717, 1.165) is 42.2 Å². The number of aryl methyl sites for hydroxylation is 3. The molecule has 0 aliphatic rings. The lowest BCUT2D eigenvalue weighted by molar-refractivity contribution is 0.515. The van der Waals surface area contributed by atoms with Crippen LogP contribution in [0, 0.1) is 5.92 Å². The monoisotopic (exact) mass is 249 g/mol. The van der Waals surface area contributed by atoms with Gasteiger partial charge < -0.3 is 5.73 Å². The van der Waals surface area contributed by atoms with Gasteiger partial charge in [0.05, 0.1) is 5.69 Å². The van der Waals surface area contributed by atoms with E-state index in [1.165, 1.54) is 6.42 Å². The molecule has 5 heteroatoms. The lowest BCUT2D eigenvalue weighted by Gasteiger charge is -2.08. The van der Waals surface area contributed by atoms with Crippen LogP contribution >= 0.6 is 0 Å². The van der Waals surface area contributed by atoms with Gasteiger partial charge in [-0.25, -0.2) is 4.98 Å². The molecule has 5 nitrogen and oxygen atoms in total. The summed E-state index contributed by atoms with van der Waals surface area (Å²) < 4.78 is 3.98. The van der Waals surface area contributed by atoms with Crippen molar-refractivity contribution in [3.05, 3.63) is 5.69 Å². The summed E-state index contributed by atoms with van der Waals surface area (Å²) in [5, 5.41) is 4.49. The van der Waals surface area contributed by atoms with Gasteiger partial charge in [0.1, 0.15) is 5.52 Å². The number of nitrogen functional groups attached to an aromatic ring is 1. The number of nitrogens with zero attached hydrogens (tertiary/aromatic N) is 4. The highest BCUT2D eigenvalue weighted by Gasteiger charge is 2.16. The summed E-state index contributed by atoms with van der Waals surface area (Å²) in [6.45, 7) is 7.50. The zero-order chi connectivity index (χ0) is 13.3. The molecular formula is C13H23N5. The normalized spacial score (nSPS) is 11.8. The molecule has 0 fully saturated rings. The molecule has 0 saturated heterocycles. The minimum atomic E-state index is 0.608. The summed E-state index contributed by atoms with van der Waals surface area (Å²) >= 11 is 0. The molecular weight excluding hydrogens is 226 g/mol. The molecule has 0 aromatic carbocycles. The minimum Gasteiger partial charge on any atom is -0.369 e. The Balaban J connectivity index is 2.31. The zero-order valence-electron chi connectivity index (χ0n) is 11.8. The van der Waals surface area contributed by atoms with E-state index in [1.54, 1.807) is 0 Å². The van der Waals surface area contributed by atoms with E-state index in [-0.39, 0.29) is 0 Å². The summed E-state index contributed by atoms with van der Waals surface area (Å²) in [6.07, 6.45) is 3.22. The van der Waals surface area contributed by atoms with Crippen LogP contribution in [-0.2, 0) is 20.0 Å². The predicted octanol–water partition coefficient (Wildman–Crippen LogP) is 2.35. The second kappa shape index (κ2) is 5.00. The number of hydrogen-bond donors (Lipinski definition) is 1. The van der Waals surface area contributed by atoms with Crippen LogP contribution in [0.3, 0.4) is 0 Å². The topological polar surface area (TPSA) is 61.7 Å². The first kappa shape index (κ1) is 12.9. The Morgan fingerprint density at radius 3 is 2.67 bits per heavy atom. The Morgan fingerprint density at radius 2 is 2.06 bits per heavy atom. The van der Waals surface area contributed by atoms with Crippen LogP contribution in [0.25, 0.3) is 11.2 Å². The van der Waals surface area contributed by atoms with Gasteiger partial charge in [-0.15, -0.1) is 0 Å². The number of aromatic nitrogens is 4. The number of anilines is 1. The average molecular weight is 249 g/mol. The van der Waals surface area contributed by atoms with Crippen molar-refractivity contribution in [3.8, 4) is 0 Å². The van der Waals surface area contributed by atoms with Gasteiger partial charge in [-0.3, -0.25) is 9.25 Å². The summed E-state index contributed by atoms with van der Waals surface area (Å²) in [5.74, 6) is 1.33. The number of hydrogen-bond acceptors (Lipinski definition) is 3. The number of imidazole rings is 1. The van der Waals surface area contributed by atoms with Crippen LogP contribution < -0.4 is 5.73 Å². The van der Waals surface area contributed by atoms with Crippen LogP contribution in [0.15, 0.2) is 0 Å². The highest BCUT2D eigenvalue weighted by molar-refractivity contribution is 5.77. The Hall–Kier alpha value is -1.52. The molecule has 18 heavy (non-hydrogen) atoms. The first-order valence-corrected chi connectivity index (χ1v) is 6.72. The Morgan fingerprint density at radius 1 is 1.33 bits per heavy atom. The highest BCUT2D eigenvalue weighted by Crippen LogP contribution is 2.22. The van der Waals surface area contributed by atoms with E-state index in [0.29, 0.717) is 5.95 Å². The molecule has 2 aromatic rings. The minimum absolute atomic E-state index is 0.608. The van der Waals surface area contributed by atoms with Crippen molar-refractivity contribution in [1.82, 2.24) is 19.3 Å². The Kier molecular flexibility index (Phi) is 3.59. The van der Waals surface area contributed by atoms with Crippen LogP contribution in [0.5, 0.6) is 0 Å². The van der Waals surface area contributed by atoms with E-state index < -0.39 is 0 Å². The number of rotatable bonds is 5. The van der Waals surface area contributed by atoms with Crippen molar-refractivity contribution in [3.63, 3.8) is 0 Å². The maximum absolute atomic E-state index is 6.02. The van der Waals surface area contributed by atoms with Gasteiger partial charge in [-0.05, 0) is 25.2 Å². The van der Waals surface area contributed by atoms with E-state index in [9.17, 15) is 0 Å². The smallest absolute Gasteiger partial charge is 0.202 e. The van der Waals surface area contributed by atoms with Gasteiger partial charge in [0.25, 0.3) is 0 Å². The largest absolute Gasteiger partial charge is 0.369 e. The van der Waals surface area contributed by atoms with Gasteiger partial charge in [-0.1, -0.05) is 20.8 Å². The van der Waals surface area contributed by atoms with Crippen molar-refractivity contribution in [2.75, 3.05) is 5.73 Å². The molecule has 0 spiro atoms. The predicted molar refractivity (Wildman–Crippen MR) is 74.4 cm³/mol. The van der Waals surface area contributed by atoms with Crippen LogP contribution in [0.2, 0.25) is 0 Å². The van der Waals surface area contributed by atoms with Gasteiger partial charge in [0.2, 0.25) is 5.95 Å². The molecule has 100 valence electrons. The number of fused-ring (bicyclic) bond motifs is 1. The molecule has 0 aliphatic heterocycles. The molecule has 0 atom stereocenters. The SMILES string of the molecule is CCc1nn(C)c2c1nc(N)n2CCCC(C)C. The second-order valence-corrected chi connectivity index (χ2v) is 5.25. The first-order valence-electron chi connectivity index (χ1n) is 6.72. The fourth-order valence-corrected chi connectivity index (χ4v) is 2.37. The zero-order valence-corrected chi connectivity index (χ0v) is 11.8. The number of nitrogens with two attached hydrogens (primary N) is 1. The van der Waals surface area contributed by atoms with E-state index in [2.05, 4.69) is 35.4 Å². The van der Waals surface area contributed by atoms with Gasteiger partial charge in [0.15, 0.2) is 5.65 Å². The summed E-state index contributed by atoms with van der Waals surface area (Å²) in [7, 11) is 1.96. The maximum Gasteiger partial charge on any atom is 0.202 e. The fourth-order valence-electron chi connectivity index (χ4n) is 2.37. The molecule has 0 amide bonds. The van der Waals surface area contributed by atoms with Crippen molar-refractivity contribution in [2.24, 2.45) is 13.0 Å². The van der Waals surface area contributed by atoms with Crippen LogP contribution in [0.4, 0.5) is 5.95 Å². The van der Waals surface area contributed by atoms with Crippen molar-refractivity contribution < 1.29 is 0 Å². The molecule has 2 heterocycles. The fraction of sp³-hybridized carbons (Fsp3) is 0.692. The second-order valence-electron chi connectivity index (χ2n) is 5.25. The summed E-state index contributed by atoms with van der Waals surface area (Å²) in [5.41, 5.74) is 9.06. The first-order chi connectivity index (χ1) is 8.54. The van der Waals surface area contributed by atoms with Crippen molar-refractivity contribution >= 4 is 17.1 Å². The summed E-state index contributed by atoms with van der Waals surface area (Å²) in [6, 6.07) is 0. The highest BCUT2D eigenvalue weighted by atomic mass is 15.3. The van der Waals surface area contributed by atoms with Crippen molar-refractivity contribution in [1.29, 1.82) is 0 Å². The van der Waals surface area contributed by atoms with E-state index in [1.807, 2.05) is 11.7 Å². The molecule has 2 N–H and O–H groups in total. The molecule has 0 bridgehead atoms. The summed E-state index contributed by atoms with van der Waals surface area (Å²) in [4.78, 5) is 4.46. The maximum atomic E-state index is 6.02. The third-order valence-electron chi connectivity index (χ3n) is 3.32. The third kappa shape index (κ3) is 2.21. The lowest BCUT2D eigenvalue weighted by Crippen LogP contribution is -2.07. The van der Waals surface area contributed by atoms with Crippen LogP contribution in [0.1, 0.15) is 39.3 Å². The van der Waals surface area contributed by atoms with Gasteiger partial charge in [-0.2, -0.15) is 5.10 Å². The average Bonchev–Trinajstić information content (AvgIpc) is 2.77. The van der Waals surface area contributed by atoms with Gasteiger partial charge >= 0.3 is 0 Å². The lowest BCUT2D eigenvalue weighted by atomic mass is 10.1. The standard InChI is InChI=1S/C13H23N5/c1-5-10-11-12(17(4)16-10)18(13(14)15-11)8-6-7-9(2)3/h9H,5-8H2,1-4H3,(H2,14,15). The quantitative estimate of drug-likeness (QED) is 0.884. The Bertz CT molecular complexity index is 535. The molecule has 0 unspecified atom stereocenters. The molecule has 0 radical (unpaired) electrons. The molecule has 0 aliphatic carbocycles. The third-order valence-corrected chi connectivity index (χ3v) is 3.32. The Labute approximate surface area is 108 Å². The molecule has 2 rings (SSSR count). The molecule has 2 aromatic heterocycles. The van der Waals surface area contributed by atoms with Crippen molar-refractivity contribution in [2.45, 2.75) is 46.6 Å². The van der Waals surface area contributed by atoms with Crippen LogP contribution in [-0.4, -0.2) is 19.3 Å². The van der Waals surface area contributed by atoms with E-state index >= 15 is 0 Å².